The van der Waals surface area contributed by atoms with Crippen molar-refractivity contribution >= 4 is 40.6 Å². The van der Waals surface area contributed by atoms with Crippen LogP contribution in [0, 0.1) is 0 Å². The number of carbonyl (C=O) groups is 1. The predicted octanol–water partition coefficient (Wildman–Crippen LogP) is 5.12. The second-order valence-corrected chi connectivity index (χ2v) is 12.2. The Morgan fingerprint density at radius 3 is 2.47 bits per heavy atom. The number of hydrogen-bond donors (Lipinski definition) is 3. The van der Waals surface area contributed by atoms with Gasteiger partial charge >= 0.3 is 0 Å². The molecule has 1 fully saturated rings. The molecule has 1 saturated heterocycles. The average molecular weight is 669 g/mol. The summed E-state index contributed by atoms with van der Waals surface area (Å²) in [7, 11) is 1.59. The van der Waals surface area contributed by atoms with Crippen LogP contribution in [-0.4, -0.2) is 58.9 Å². The molecule has 238 valence electrons. The number of aromatic nitrogens is 3. The van der Waals surface area contributed by atoms with E-state index in [0.29, 0.717) is 71.3 Å². The molecule has 3 aromatic heterocycles. The van der Waals surface area contributed by atoms with Gasteiger partial charge in [-0.05, 0) is 30.2 Å². The summed E-state index contributed by atoms with van der Waals surface area (Å²) in [5, 5.41) is 10.5. The lowest BCUT2D eigenvalue weighted by Gasteiger charge is -2.16. The topological polar surface area (TPSA) is 122 Å². The molecule has 3 N–H and O–H groups in total. The number of aliphatic imine (C=N–C) groups is 1. The number of rotatable bonds is 9. The van der Waals surface area contributed by atoms with Crippen LogP contribution < -0.4 is 26.2 Å². The zero-order valence-corrected chi connectivity index (χ0v) is 27.0. The maximum absolute atomic E-state index is 13.2. The van der Waals surface area contributed by atoms with Gasteiger partial charge in [0.15, 0.2) is 0 Å². The van der Waals surface area contributed by atoms with Gasteiger partial charge in [-0.1, -0.05) is 65.7 Å². The lowest BCUT2D eigenvalue weighted by Crippen LogP contribution is -2.35. The van der Waals surface area contributed by atoms with Gasteiger partial charge in [-0.25, -0.2) is 9.97 Å². The maximum atomic E-state index is 13.2. The zero-order chi connectivity index (χ0) is 32.5. The molecule has 2 aromatic carbocycles. The Morgan fingerprint density at radius 2 is 1.74 bits per heavy atom. The van der Waals surface area contributed by atoms with Crippen molar-refractivity contribution in [2.45, 2.75) is 25.4 Å². The summed E-state index contributed by atoms with van der Waals surface area (Å²) in [5.41, 5.74) is 6.16. The van der Waals surface area contributed by atoms with E-state index in [1.165, 1.54) is 4.40 Å². The second-order valence-electron chi connectivity index (χ2n) is 11.4. The minimum absolute atomic E-state index is 0.0961. The fourth-order valence-electron chi connectivity index (χ4n) is 6.03. The molecule has 47 heavy (non-hydrogen) atoms. The molecule has 0 radical (unpaired) electrons. The quantitative estimate of drug-likeness (QED) is 0.199. The van der Waals surface area contributed by atoms with Gasteiger partial charge in [0, 0.05) is 72.3 Å². The summed E-state index contributed by atoms with van der Waals surface area (Å²) in [6.07, 6.45) is 4.67. The SMILES string of the molecule is COc1nc(-c2cccc(-c3cccc(-c4ccn5c(=O)c(C6=NCCN6)cnc5c4)c3Cl)c2Cl)ccc1CNC[C@@H]1CCC(=O)N1. The van der Waals surface area contributed by atoms with Gasteiger partial charge in [0.05, 0.1) is 29.4 Å². The average Bonchev–Trinajstić information content (AvgIpc) is 3.77. The van der Waals surface area contributed by atoms with Crippen LogP contribution in [0.1, 0.15) is 24.0 Å². The fourth-order valence-corrected chi connectivity index (χ4v) is 6.69. The number of nitrogens with zero attached hydrogens (tertiary/aromatic N) is 4. The smallest absolute Gasteiger partial charge is 0.268 e. The molecule has 10 nitrogen and oxygen atoms in total. The highest BCUT2D eigenvalue weighted by Crippen LogP contribution is 2.42. The normalized spacial score (nSPS) is 15.9. The molecular weight excluding hydrogens is 637 g/mol. The van der Waals surface area contributed by atoms with Crippen LogP contribution in [0.25, 0.3) is 39.2 Å². The number of pyridine rings is 2. The van der Waals surface area contributed by atoms with E-state index in [2.05, 4.69) is 25.9 Å². The van der Waals surface area contributed by atoms with Gasteiger partial charge in [-0.2, -0.15) is 0 Å². The van der Waals surface area contributed by atoms with Crippen molar-refractivity contribution in [1.82, 2.24) is 30.3 Å². The molecular formula is C35H31Cl2N7O3. The summed E-state index contributed by atoms with van der Waals surface area (Å²) < 4.78 is 7.15. The molecule has 2 aliphatic heterocycles. The van der Waals surface area contributed by atoms with Crippen molar-refractivity contribution < 1.29 is 9.53 Å². The van der Waals surface area contributed by atoms with Crippen molar-refractivity contribution in [3.8, 4) is 39.4 Å². The molecule has 0 unspecified atom stereocenters. The number of amides is 1. The number of methoxy groups -OCH3 is 1. The molecule has 7 rings (SSSR count). The van der Waals surface area contributed by atoms with Crippen molar-refractivity contribution in [2.75, 3.05) is 26.7 Å². The van der Waals surface area contributed by atoms with Crippen LogP contribution in [0.5, 0.6) is 5.88 Å². The minimum atomic E-state index is -0.188. The first-order valence-corrected chi connectivity index (χ1v) is 16.1. The Balaban J connectivity index is 1.17. The third kappa shape index (κ3) is 6.07. The monoisotopic (exact) mass is 667 g/mol. The zero-order valence-electron chi connectivity index (χ0n) is 25.5. The van der Waals surface area contributed by atoms with Crippen LogP contribution in [0.15, 0.2) is 82.8 Å². The number of amidine groups is 1. The molecule has 12 heteroatoms. The molecule has 5 aromatic rings. The highest BCUT2D eigenvalue weighted by atomic mass is 35.5. The Kier molecular flexibility index (Phi) is 8.64. The van der Waals surface area contributed by atoms with Crippen LogP contribution in [0.4, 0.5) is 0 Å². The van der Waals surface area contributed by atoms with E-state index in [9.17, 15) is 9.59 Å². The first-order chi connectivity index (χ1) is 22.9. The number of fused-ring (bicyclic) bond motifs is 1. The summed E-state index contributed by atoms with van der Waals surface area (Å²) in [4.78, 5) is 38.3. The lowest BCUT2D eigenvalue weighted by molar-refractivity contribution is -0.119. The third-order valence-corrected chi connectivity index (χ3v) is 9.25. The molecule has 2 aliphatic rings. The maximum Gasteiger partial charge on any atom is 0.268 e. The first-order valence-electron chi connectivity index (χ1n) is 15.3. The van der Waals surface area contributed by atoms with Gasteiger partial charge < -0.3 is 20.7 Å². The van der Waals surface area contributed by atoms with Crippen LogP contribution >= 0.6 is 23.2 Å². The van der Waals surface area contributed by atoms with Crippen molar-refractivity contribution in [3.63, 3.8) is 0 Å². The van der Waals surface area contributed by atoms with E-state index in [1.54, 1.807) is 19.5 Å². The number of ether oxygens (including phenoxy) is 1. The molecule has 0 bridgehead atoms. The van der Waals surface area contributed by atoms with E-state index in [4.69, 9.17) is 32.9 Å². The number of hydrogen-bond acceptors (Lipinski definition) is 8. The Labute approximate surface area is 280 Å². The molecule has 0 saturated carbocycles. The van der Waals surface area contributed by atoms with E-state index >= 15 is 0 Å². The highest BCUT2D eigenvalue weighted by Gasteiger charge is 2.21. The largest absolute Gasteiger partial charge is 0.481 e. The predicted molar refractivity (Wildman–Crippen MR) is 184 cm³/mol. The number of carbonyl (C=O) groups excluding carboxylic acids is 1. The van der Waals surface area contributed by atoms with Crippen LogP contribution in [0.2, 0.25) is 10.0 Å². The van der Waals surface area contributed by atoms with Crippen molar-refractivity contribution in [2.24, 2.45) is 4.99 Å². The van der Waals surface area contributed by atoms with Gasteiger partial charge in [-0.15, -0.1) is 0 Å². The number of benzene rings is 2. The number of halogens is 2. The Morgan fingerprint density at radius 1 is 0.979 bits per heavy atom. The summed E-state index contributed by atoms with van der Waals surface area (Å²) >= 11 is 14.1. The van der Waals surface area contributed by atoms with Crippen molar-refractivity contribution in [3.05, 3.63) is 105 Å². The number of nitrogens with one attached hydrogen (secondary N) is 3. The molecule has 0 spiro atoms. The summed E-state index contributed by atoms with van der Waals surface area (Å²) in [6.45, 7) is 2.56. The Bertz CT molecular complexity index is 2110. The van der Waals surface area contributed by atoms with E-state index in [-0.39, 0.29) is 17.5 Å². The van der Waals surface area contributed by atoms with E-state index < -0.39 is 0 Å². The van der Waals surface area contributed by atoms with Crippen molar-refractivity contribution in [1.29, 1.82) is 0 Å². The van der Waals surface area contributed by atoms with Gasteiger partial charge in [0.1, 0.15) is 17.0 Å². The van der Waals surface area contributed by atoms with E-state index in [0.717, 1.165) is 39.8 Å². The van der Waals surface area contributed by atoms with Gasteiger partial charge in [0.25, 0.3) is 5.56 Å². The molecule has 5 heterocycles. The minimum Gasteiger partial charge on any atom is -0.481 e. The molecule has 0 aliphatic carbocycles. The van der Waals surface area contributed by atoms with Gasteiger partial charge in [-0.3, -0.25) is 19.0 Å². The second kappa shape index (κ2) is 13.2. The molecule has 1 atom stereocenters. The fraction of sp³-hybridized carbons (Fsp3) is 0.229. The summed E-state index contributed by atoms with van der Waals surface area (Å²) in [5.74, 6) is 1.17. The van der Waals surface area contributed by atoms with Crippen LogP contribution in [-0.2, 0) is 11.3 Å². The molecule has 1 amide bonds. The van der Waals surface area contributed by atoms with E-state index in [1.807, 2.05) is 60.7 Å². The Hall–Kier alpha value is -4.77. The standard InChI is InChI=1S/C35H31Cl2N7O3/c1-47-34-21(17-38-18-22-9-11-30(45)42-22)8-10-28(43-34)26-7-3-6-25(32(26)37)24-5-2-4-23(31(24)36)20-12-15-44-29(16-20)41-19-27(35(44)46)33-39-13-14-40-33/h2-8,10,12,15-16,19,22,38H,9,11,13-14,17-18H2,1H3,(H,39,40)(H,42,45)/t22-/m0/s1. The lowest BCUT2D eigenvalue weighted by atomic mass is 9.97. The van der Waals surface area contributed by atoms with Crippen LogP contribution in [0.3, 0.4) is 0 Å². The third-order valence-electron chi connectivity index (χ3n) is 8.44. The van der Waals surface area contributed by atoms with Gasteiger partial charge in [0.2, 0.25) is 11.8 Å². The highest BCUT2D eigenvalue weighted by molar-refractivity contribution is 6.39. The first kappa shape index (κ1) is 30.9. The summed E-state index contributed by atoms with van der Waals surface area (Å²) in [6, 6.07) is 19.3.